The number of nitrogens with one attached hydrogen (secondary N) is 1. The molecule has 1 amide bonds. The van der Waals surface area contributed by atoms with Gasteiger partial charge < -0.3 is 10.2 Å². The molecule has 3 rings (SSSR count). The summed E-state index contributed by atoms with van der Waals surface area (Å²) in [5.74, 6) is 1.53. The van der Waals surface area contributed by atoms with E-state index in [2.05, 4.69) is 47.5 Å². The van der Waals surface area contributed by atoms with Crippen LogP contribution in [0.15, 0.2) is 30.3 Å². The molecule has 1 aromatic rings. The van der Waals surface area contributed by atoms with Crippen molar-refractivity contribution in [1.82, 2.24) is 10.2 Å². The average Bonchev–Trinajstić information content (AvgIpc) is 2.62. The molecule has 1 N–H and O–H groups in total. The van der Waals surface area contributed by atoms with Crippen LogP contribution in [0, 0.1) is 5.92 Å². The summed E-state index contributed by atoms with van der Waals surface area (Å²) in [6.45, 7) is 5.09. The number of amides is 1. The molecule has 3 nitrogen and oxygen atoms in total. The van der Waals surface area contributed by atoms with E-state index in [0.717, 1.165) is 38.9 Å². The van der Waals surface area contributed by atoms with Gasteiger partial charge in [0.2, 0.25) is 5.91 Å². The normalized spacial score (nSPS) is 29.3. The van der Waals surface area contributed by atoms with Gasteiger partial charge in [0.25, 0.3) is 0 Å². The van der Waals surface area contributed by atoms with Crippen LogP contribution in [0.5, 0.6) is 0 Å². The minimum absolute atomic E-state index is 0.0690. The monoisotopic (exact) mass is 300 g/mol. The highest BCUT2D eigenvalue weighted by Crippen LogP contribution is 2.35. The van der Waals surface area contributed by atoms with Gasteiger partial charge in [-0.25, -0.2) is 0 Å². The van der Waals surface area contributed by atoms with Crippen molar-refractivity contribution in [2.45, 2.75) is 51.0 Å². The maximum absolute atomic E-state index is 12.7. The van der Waals surface area contributed by atoms with Crippen LogP contribution >= 0.6 is 0 Å². The van der Waals surface area contributed by atoms with Gasteiger partial charge in [0.1, 0.15) is 0 Å². The number of hydrogen-bond acceptors (Lipinski definition) is 2. The third-order valence-corrected chi connectivity index (χ3v) is 5.41. The van der Waals surface area contributed by atoms with E-state index < -0.39 is 0 Å². The van der Waals surface area contributed by atoms with E-state index >= 15 is 0 Å². The van der Waals surface area contributed by atoms with Crippen molar-refractivity contribution in [3.63, 3.8) is 0 Å². The molecule has 22 heavy (non-hydrogen) atoms. The Balaban J connectivity index is 1.65. The van der Waals surface area contributed by atoms with Gasteiger partial charge in [-0.3, -0.25) is 4.79 Å². The molecule has 3 atom stereocenters. The number of likely N-dealkylation sites (tertiary alicyclic amines) is 1. The molecule has 0 saturated carbocycles. The van der Waals surface area contributed by atoms with Gasteiger partial charge in [-0.05, 0) is 43.2 Å². The van der Waals surface area contributed by atoms with Crippen LogP contribution in [0.2, 0.25) is 0 Å². The Hall–Kier alpha value is -1.35. The quantitative estimate of drug-likeness (QED) is 0.930. The molecule has 2 aliphatic rings. The van der Waals surface area contributed by atoms with Crippen LogP contribution in [0.25, 0.3) is 0 Å². The van der Waals surface area contributed by atoms with Gasteiger partial charge in [0.15, 0.2) is 0 Å². The van der Waals surface area contributed by atoms with Crippen molar-refractivity contribution < 1.29 is 4.79 Å². The fourth-order valence-corrected chi connectivity index (χ4v) is 4.07. The van der Waals surface area contributed by atoms with E-state index in [1.54, 1.807) is 0 Å². The first-order valence-electron chi connectivity index (χ1n) is 8.86. The molecule has 0 spiro atoms. The molecule has 0 bridgehead atoms. The molecule has 2 aliphatic heterocycles. The molecular formula is C19H28N2O. The fraction of sp³-hybridized carbons (Fsp3) is 0.632. The van der Waals surface area contributed by atoms with Crippen molar-refractivity contribution in [2.24, 2.45) is 5.92 Å². The summed E-state index contributed by atoms with van der Waals surface area (Å²) in [5, 5.41) is 3.40. The Morgan fingerprint density at radius 1 is 1.23 bits per heavy atom. The standard InChI is InChI=1S/C19H28N2O/c1-2-15-14-21(19(22)18-10-6-7-12-20-18)13-11-17(15)16-8-4-3-5-9-16/h3-5,8-9,15,17-18,20H,2,6-7,10-14H2,1H3. The van der Waals surface area contributed by atoms with Gasteiger partial charge >= 0.3 is 0 Å². The molecule has 120 valence electrons. The van der Waals surface area contributed by atoms with Crippen LogP contribution < -0.4 is 5.32 Å². The highest BCUT2D eigenvalue weighted by molar-refractivity contribution is 5.82. The minimum atomic E-state index is 0.0690. The summed E-state index contributed by atoms with van der Waals surface area (Å²) in [6.07, 6.45) is 5.63. The second-order valence-electron chi connectivity index (χ2n) is 6.76. The second-order valence-corrected chi connectivity index (χ2v) is 6.76. The van der Waals surface area contributed by atoms with Crippen molar-refractivity contribution in [2.75, 3.05) is 19.6 Å². The second kappa shape index (κ2) is 7.28. The van der Waals surface area contributed by atoms with Gasteiger partial charge in [-0.15, -0.1) is 0 Å². The number of benzene rings is 1. The molecule has 2 saturated heterocycles. The number of hydrogen-bond donors (Lipinski definition) is 1. The van der Waals surface area contributed by atoms with Crippen LogP contribution in [0.1, 0.15) is 50.5 Å². The summed E-state index contributed by atoms with van der Waals surface area (Å²) in [4.78, 5) is 14.8. The first kappa shape index (κ1) is 15.5. The van der Waals surface area contributed by atoms with E-state index in [1.165, 1.54) is 18.4 Å². The molecule has 1 aromatic carbocycles. The highest BCUT2D eigenvalue weighted by atomic mass is 16.2. The molecule has 2 heterocycles. The van der Waals surface area contributed by atoms with Gasteiger partial charge in [-0.2, -0.15) is 0 Å². The smallest absolute Gasteiger partial charge is 0.239 e. The zero-order valence-electron chi connectivity index (χ0n) is 13.6. The molecule has 0 aromatic heterocycles. The van der Waals surface area contributed by atoms with E-state index in [0.29, 0.717) is 17.7 Å². The van der Waals surface area contributed by atoms with E-state index in [1.807, 2.05) is 0 Å². The van der Waals surface area contributed by atoms with Crippen molar-refractivity contribution in [1.29, 1.82) is 0 Å². The molecular weight excluding hydrogens is 272 g/mol. The van der Waals surface area contributed by atoms with Gasteiger partial charge in [0, 0.05) is 13.1 Å². The highest BCUT2D eigenvalue weighted by Gasteiger charge is 2.34. The molecule has 0 radical (unpaired) electrons. The Bertz CT molecular complexity index is 481. The Kier molecular flexibility index (Phi) is 5.14. The largest absolute Gasteiger partial charge is 0.341 e. The first-order valence-corrected chi connectivity index (χ1v) is 8.86. The predicted octanol–water partition coefficient (Wildman–Crippen LogP) is 3.17. The van der Waals surface area contributed by atoms with Crippen LogP contribution in [-0.4, -0.2) is 36.5 Å². The minimum Gasteiger partial charge on any atom is -0.341 e. The predicted molar refractivity (Wildman–Crippen MR) is 89.8 cm³/mol. The third-order valence-electron chi connectivity index (χ3n) is 5.41. The lowest BCUT2D eigenvalue weighted by Crippen LogP contribution is -2.52. The lowest BCUT2D eigenvalue weighted by Gasteiger charge is -2.40. The average molecular weight is 300 g/mol. The Morgan fingerprint density at radius 3 is 2.73 bits per heavy atom. The number of piperidine rings is 2. The maximum atomic E-state index is 12.7. The van der Waals surface area contributed by atoms with E-state index in [-0.39, 0.29) is 6.04 Å². The summed E-state index contributed by atoms with van der Waals surface area (Å²) < 4.78 is 0. The fourth-order valence-electron chi connectivity index (χ4n) is 4.07. The summed E-state index contributed by atoms with van der Waals surface area (Å²) in [7, 11) is 0. The number of carbonyl (C=O) groups excluding carboxylic acids is 1. The number of nitrogens with zero attached hydrogens (tertiary/aromatic N) is 1. The zero-order chi connectivity index (χ0) is 15.4. The van der Waals surface area contributed by atoms with Crippen LogP contribution in [-0.2, 0) is 4.79 Å². The van der Waals surface area contributed by atoms with Gasteiger partial charge in [0.05, 0.1) is 6.04 Å². The zero-order valence-corrected chi connectivity index (χ0v) is 13.6. The topological polar surface area (TPSA) is 32.3 Å². The van der Waals surface area contributed by atoms with Crippen LogP contribution in [0.3, 0.4) is 0 Å². The molecule has 2 fully saturated rings. The lowest BCUT2D eigenvalue weighted by molar-refractivity contribution is -0.136. The number of carbonyl (C=O) groups is 1. The third kappa shape index (κ3) is 3.35. The Morgan fingerprint density at radius 2 is 2.05 bits per heavy atom. The molecule has 3 heteroatoms. The lowest BCUT2D eigenvalue weighted by atomic mass is 9.79. The van der Waals surface area contributed by atoms with E-state index in [9.17, 15) is 4.79 Å². The summed E-state index contributed by atoms with van der Waals surface area (Å²) in [5.41, 5.74) is 1.44. The van der Waals surface area contributed by atoms with Crippen molar-refractivity contribution in [3.8, 4) is 0 Å². The summed E-state index contributed by atoms with van der Waals surface area (Å²) in [6, 6.07) is 10.9. The Labute approximate surface area is 134 Å². The number of rotatable bonds is 3. The summed E-state index contributed by atoms with van der Waals surface area (Å²) >= 11 is 0. The molecule has 0 aliphatic carbocycles. The molecule has 3 unspecified atom stereocenters. The van der Waals surface area contributed by atoms with Gasteiger partial charge in [-0.1, -0.05) is 50.1 Å². The maximum Gasteiger partial charge on any atom is 0.239 e. The van der Waals surface area contributed by atoms with Crippen LogP contribution in [0.4, 0.5) is 0 Å². The van der Waals surface area contributed by atoms with Crippen molar-refractivity contribution in [3.05, 3.63) is 35.9 Å². The van der Waals surface area contributed by atoms with E-state index in [4.69, 9.17) is 0 Å². The SMILES string of the molecule is CCC1CN(C(=O)C2CCCCN2)CCC1c1ccccc1. The first-order chi connectivity index (χ1) is 10.8. The van der Waals surface area contributed by atoms with Crippen molar-refractivity contribution >= 4 is 5.91 Å².